The summed E-state index contributed by atoms with van der Waals surface area (Å²) in [5.74, 6) is 0.445. The van der Waals surface area contributed by atoms with E-state index in [1.165, 1.54) is 0 Å². The Balaban J connectivity index is 1.32. The van der Waals surface area contributed by atoms with Crippen molar-refractivity contribution in [3.05, 3.63) is 85.5 Å². The van der Waals surface area contributed by atoms with E-state index in [4.69, 9.17) is 0 Å². The van der Waals surface area contributed by atoms with Gasteiger partial charge in [0.25, 0.3) is 0 Å². The van der Waals surface area contributed by atoms with E-state index in [9.17, 15) is 9.59 Å². The van der Waals surface area contributed by atoms with Crippen LogP contribution in [-0.4, -0.2) is 32.0 Å². The van der Waals surface area contributed by atoms with Crippen LogP contribution < -0.4 is 21.3 Å². The first-order chi connectivity index (χ1) is 15.7. The smallest absolute Gasteiger partial charge is 0.308 e. The number of rotatable bonds is 5. The fourth-order valence-corrected chi connectivity index (χ4v) is 2.75. The molecule has 10 heteroatoms. The maximum atomic E-state index is 12.0. The minimum Gasteiger partial charge on any atom is -0.308 e. The third kappa shape index (κ3) is 5.60. The number of aromatic nitrogens is 4. The monoisotopic (exact) mass is 426 g/mol. The number of urea groups is 2. The molecule has 0 aliphatic rings. The van der Waals surface area contributed by atoms with Crippen molar-refractivity contribution in [3.8, 4) is 11.1 Å². The van der Waals surface area contributed by atoms with Crippen LogP contribution in [-0.2, 0) is 0 Å². The van der Waals surface area contributed by atoms with Gasteiger partial charge in [0.05, 0.1) is 0 Å². The van der Waals surface area contributed by atoms with E-state index in [1.54, 1.807) is 61.2 Å². The minimum absolute atomic E-state index is 0.222. The largest absolute Gasteiger partial charge is 0.326 e. The molecule has 0 aliphatic carbocycles. The van der Waals surface area contributed by atoms with Crippen LogP contribution in [0.4, 0.5) is 32.9 Å². The van der Waals surface area contributed by atoms with Gasteiger partial charge in [0, 0.05) is 36.2 Å². The normalized spacial score (nSPS) is 10.1. The van der Waals surface area contributed by atoms with Crippen molar-refractivity contribution in [2.75, 3.05) is 21.3 Å². The Hall–Kier alpha value is -4.86. The molecule has 0 fully saturated rings. The number of nitrogens with one attached hydrogen (secondary N) is 4. The predicted octanol–water partition coefficient (Wildman–Crippen LogP) is 4.22. The molecule has 0 atom stereocenters. The van der Waals surface area contributed by atoms with E-state index in [1.807, 2.05) is 24.3 Å². The molecule has 0 aliphatic heterocycles. The lowest BCUT2D eigenvalue weighted by molar-refractivity contribution is 0.261. The summed E-state index contributed by atoms with van der Waals surface area (Å²) in [7, 11) is 0. The number of hydrogen-bond acceptors (Lipinski definition) is 6. The molecule has 4 aromatic rings. The summed E-state index contributed by atoms with van der Waals surface area (Å²) in [6, 6.07) is 17.2. The quantitative estimate of drug-likeness (QED) is 0.377. The first-order valence-electron chi connectivity index (χ1n) is 9.56. The van der Waals surface area contributed by atoms with Crippen molar-refractivity contribution in [2.45, 2.75) is 0 Å². The second kappa shape index (κ2) is 9.76. The molecule has 32 heavy (non-hydrogen) atoms. The molecule has 4 amide bonds. The maximum Gasteiger partial charge on any atom is 0.326 e. The highest BCUT2D eigenvalue weighted by Crippen LogP contribution is 2.23. The molecule has 2 aromatic heterocycles. The van der Waals surface area contributed by atoms with E-state index < -0.39 is 12.1 Å². The number of nitrogens with zero attached hydrogens (tertiary/aromatic N) is 4. The Bertz CT molecular complexity index is 1090. The average molecular weight is 426 g/mol. The van der Waals surface area contributed by atoms with Crippen molar-refractivity contribution in [2.24, 2.45) is 0 Å². The first kappa shape index (κ1) is 20.4. The van der Waals surface area contributed by atoms with Crippen LogP contribution in [0.15, 0.2) is 85.5 Å². The zero-order chi connectivity index (χ0) is 22.2. The van der Waals surface area contributed by atoms with E-state index in [0.29, 0.717) is 11.4 Å². The number of carbonyl (C=O) groups is 2. The van der Waals surface area contributed by atoms with E-state index >= 15 is 0 Å². The van der Waals surface area contributed by atoms with Crippen molar-refractivity contribution in [1.82, 2.24) is 19.9 Å². The maximum absolute atomic E-state index is 12.0. The van der Waals surface area contributed by atoms with Crippen LogP contribution >= 0.6 is 0 Å². The summed E-state index contributed by atoms with van der Waals surface area (Å²) in [5, 5.41) is 10.6. The lowest BCUT2D eigenvalue weighted by atomic mass is 10.1. The summed E-state index contributed by atoms with van der Waals surface area (Å²) >= 11 is 0. The topological polar surface area (TPSA) is 134 Å². The Morgan fingerprint density at radius 3 is 1.19 bits per heavy atom. The SMILES string of the molecule is O=C(Nc1ccc(-c2ccc(NC(=O)Nc3ncccn3)cc2)cc1)Nc1ncccn1. The van der Waals surface area contributed by atoms with Gasteiger partial charge < -0.3 is 10.6 Å². The molecule has 0 radical (unpaired) electrons. The summed E-state index contributed by atoms with van der Waals surface area (Å²) < 4.78 is 0. The van der Waals surface area contributed by atoms with E-state index in [0.717, 1.165) is 11.1 Å². The lowest BCUT2D eigenvalue weighted by Crippen LogP contribution is -2.20. The molecular weight excluding hydrogens is 408 g/mol. The van der Waals surface area contributed by atoms with Crippen molar-refractivity contribution >= 4 is 35.3 Å². The van der Waals surface area contributed by atoms with Crippen molar-refractivity contribution in [1.29, 1.82) is 0 Å². The summed E-state index contributed by atoms with van der Waals surface area (Å²) in [4.78, 5) is 39.8. The van der Waals surface area contributed by atoms with Gasteiger partial charge in [0.2, 0.25) is 11.9 Å². The molecular formula is C22H18N8O2. The highest BCUT2D eigenvalue weighted by atomic mass is 16.2. The number of benzene rings is 2. The Kier molecular flexibility index (Phi) is 6.23. The third-order valence-corrected chi connectivity index (χ3v) is 4.20. The predicted molar refractivity (Wildman–Crippen MR) is 121 cm³/mol. The van der Waals surface area contributed by atoms with Gasteiger partial charge in [0.1, 0.15) is 0 Å². The van der Waals surface area contributed by atoms with Crippen LogP contribution in [0.5, 0.6) is 0 Å². The molecule has 2 aromatic carbocycles. The van der Waals surface area contributed by atoms with Gasteiger partial charge in [-0.3, -0.25) is 10.6 Å². The molecule has 10 nitrogen and oxygen atoms in total. The molecule has 0 spiro atoms. The van der Waals surface area contributed by atoms with Crippen molar-refractivity contribution in [3.63, 3.8) is 0 Å². The van der Waals surface area contributed by atoms with Crippen LogP contribution in [0.25, 0.3) is 11.1 Å². The van der Waals surface area contributed by atoms with Gasteiger partial charge in [-0.05, 0) is 47.5 Å². The van der Waals surface area contributed by atoms with Gasteiger partial charge in [-0.15, -0.1) is 0 Å². The fraction of sp³-hybridized carbons (Fsp3) is 0. The van der Waals surface area contributed by atoms with Gasteiger partial charge in [-0.25, -0.2) is 29.5 Å². The standard InChI is InChI=1S/C22H18N8O2/c31-21(29-19-23-11-1-12-24-19)27-17-7-3-15(4-8-17)16-5-9-18(10-6-16)28-22(32)30-20-25-13-2-14-26-20/h1-14H,(H2,23,24,27,29,31)(H2,25,26,28,30,32). The number of carbonyl (C=O) groups excluding carboxylic acids is 2. The van der Waals surface area contributed by atoms with Gasteiger partial charge in [-0.1, -0.05) is 24.3 Å². The fourth-order valence-electron chi connectivity index (χ4n) is 2.75. The summed E-state index contributed by atoms with van der Waals surface area (Å²) in [5.41, 5.74) is 3.16. The molecule has 0 saturated heterocycles. The van der Waals surface area contributed by atoms with Crippen molar-refractivity contribution < 1.29 is 9.59 Å². The molecule has 4 rings (SSSR count). The second-order valence-corrected chi connectivity index (χ2v) is 6.46. The molecule has 0 bridgehead atoms. The summed E-state index contributed by atoms with van der Waals surface area (Å²) in [6.07, 6.45) is 6.18. The Morgan fingerprint density at radius 2 is 0.844 bits per heavy atom. The zero-order valence-electron chi connectivity index (χ0n) is 16.7. The Morgan fingerprint density at radius 1 is 0.500 bits per heavy atom. The second-order valence-electron chi connectivity index (χ2n) is 6.46. The number of amides is 4. The molecule has 0 unspecified atom stereocenters. The van der Waals surface area contributed by atoms with Crippen LogP contribution in [0.1, 0.15) is 0 Å². The third-order valence-electron chi connectivity index (χ3n) is 4.20. The molecule has 2 heterocycles. The molecule has 4 N–H and O–H groups in total. The number of hydrogen-bond donors (Lipinski definition) is 4. The first-order valence-corrected chi connectivity index (χ1v) is 9.56. The molecule has 158 valence electrons. The van der Waals surface area contributed by atoms with Crippen LogP contribution in [0.3, 0.4) is 0 Å². The highest BCUT2D eigenvalue weighted by molar-refractivity contribution is 5.99. The zero-order valence-corrected chi connectivity index (χ0v) is 16.7. The minimum atomic E-state index is -0.432. The van der Waals surface area contributed by atoms with Gasteiger partial charge >= 0.3 is 12.1 Å². The van der Waals surface area contributed by atoms with Gasteiger partial charge in [-0.2, -0.15) is 0 Å². The van der Waals surface area contributed by atoms with E-state index in [2.05, 4.69) is 41.2 Å². The van der Waals surface area contributed by atoms with Gasteiger partial charge in [0.15, 0.2) is 0 Å². The lowest BCUT2D eigenvalue weighted by Gasteiger charge is -2.09. The van der Waals surface area contributed by atoms with Crippen LogP contribution in [0.2, 0.25) is 0 Å². The average Bonchev–Trinajstić information content (AvgIpc) is 2.81. The molecule has 0 saturated carbocycles. The number of anilines is 4. The Labute approximate surface area is 183 Å². The summed E-state index contributed by atoms with van der Waals surface area (Å²) in [6.45, 7) is 0. The highest BCUT2D eigenvalue weighted by Gasteiger charge is 2.06. The van der Waals surface area contributed by atoms with E-state index in [-0.39, 0.29) is 11.9 Å². The van der Waals surface area contributed by atoms with Crippen LogP contribution in [0, 0.1) is 0 Å².